The van der Waals surface area contributed by atoms with E-state index in [4.69, 9.17) is 9.84 Å². The van der Waals surface area contributed by atoms with E-state index >= 15 is 0 Å². The minimum Gasteiger partial charge on any atom is -0.392 e. The molecule has 0 heterocycles. The highest BCUT2D eigenvalue weighted by atomic mass is 32.2. The molecule has 6 heteroatoms. The average molecular weight is 299 g/mol. The minimum atomic E-state index is -3.51. The van der Waals surface area contributed by atoms with Crippen LogP contribution in [0, 0.1) is 5.41 Å². The summed E-state index contributed by atoms with van der Waals surface area (Å²) in [5.41, 5.74) is 0.658. The van der Waals surface area contributed by atoms with Crippen molar-refractivity contribution in [1.82, 2.24) is 4.72 Å². The maximum Gasteiger partial charge on any atom is 0.240 e. The molecule has 112 valence electrons. The summed E-state index contributed by atoms with van der Waals surface area (Å²) < 4.78 is 32.2. The molecular weight excluding hydrogens is 278 g/mol. The Morgan fingerprint density at radius 1 is 1.40 bits per heavy atom. The molecule has 0 bridgehead atoms. The third-order valence-corrected chi connectivity index (χ3v) is 5.22. The zero-order chi connectivity index (χ0) is 14.6. The first-order chi connectivity index (χ1) is 9.51. The van der Waals surface area contributed by atoms with Gasteiger partial charge in [-0.05, 0) is 42.4 Å². The van der Waals surface area contributed by atoms with Crippen molar-refractivity contribution in [3.63, 3.8) is 0 Å². The van der Waals surface area contributed by atoms with Gasteiger partial charge in [-0.15, -0.1) is 0 Å². The van der Waals surface area contributed by atoms with Crippen LogP contribution in [0.2, 0.25) is 0 Å². The van der Waals surface area contributed by atoms with Crippen LogP contribution in [0.3, 0.4) is 0 Å². The first-order valence-corrected chi connectivity index (χ1v) is 8.18. The zero-order valence-corrected chi connectivity index (χ0v) is 12.4. The van der Waals surface area contributed by atoms with Gasteiger partial charge in [0.15, 0.2) is 0 Å². The third-order valence-electron chi connectivity index (χ3n) is 3.82. The normalized spacial score (nSPS) is 17.1. The Labute approximate surface area is 120 Å². The van der Waals surface area contributed by atoms with Crippen LogP contribution in [-0.4, -0.2) is 33.8 Å². The second-order valence-corrected chi connectivity index (χ2v) is 7.14. The smallest absolute Gasteiger partial charge is 0.240 e. The Kier molecular flexibility index (Phi) is 4.80. The standard InChI is InChI=1S/C14H21NO4S/c1-19-8-7-14(5-6-14)11-15-20(17,18)13-4-2-3-12(9-13)10-16/h2-4,9,15-16H,5-8,10-11H2,1H3. The molecular formula is C14H21NO4S. The zero-order valence-electron chi connectivity index (χ0n) is 11.6. The molecule has 0 saturated heterocycles. The minimum absolute atomic E-state index is 0.0671. The van der Waals surface area contributed by atoms with Crippen LogP contribution in [0.1, 0.15) is 24.8 Å². The van der Waals surface area contributed by atoms with Gasteiger partial charge in [-0.1, -0.05) is 12.1 Å². The quantitative estimate of drug-likeness (QED) is 0.758. The van der Waals surface area contributed by atoms with Gasteiger partial charge in [0.2, 0.25) is 10.0 Å². The molecule has 2 rings (SSSR count). The van der Waals surface area contributed by atoms with Crippen LogP contribution >= 0.6 is 0 Å². The number of rotatable bonds is 8. The average Bonchev–Trinajstić information content (AvgIpc) is 3.24. The lowest BCUT2D eigenvalue weighted by molar-refractivity contribution is 0.173. The van der Waals surface area contributed by atoms with E-state index in [1.807, 2.05) is 0 Å². The van der Waals surface area contributed by atoms with E-state index in [0.717, 1.165) is 19.3 Å². The van der Waals surface area contributed by atoms with Crippen LogP contribution in [0.15, 0.2) is 29.2 Å². The third kappa shape index (κ3) is 3.79. The monoisotopic (exact) mass is 299 g/mol. The number of nitrogens with one attached hydrogen (secondary N) is 1. The van der Waals surface area contributed by atoms with E-state index in [9.17, 15) is 8.42 Å². The Bertz CT molecular complexity index is 552. The predicted molar refractivity (Wildman–Crippen MR) is 75.7 cm³/mol. The van der Waals surface area contributed by atoms with Crippen molar-refractivity contribution in [2.45, 2.75) is 30.8 Å². The van der Waals surface area contributed by atoms with Gasteiger partial charge >= 0.3 is 0 Å². The summed E-state index contributed by atoms with van der Waals surface area (Å²) in [6, 6.07) is 6.37. The summed E-state index contributed by atoms with van der Waals surface area (Å²) in [4.78, 5) is 0.201. The molecule has 5 nitrogen and oxygen atoms in total. The fourth-order valence-electron chi connectivity index (χ4n) is 2.15. The molecule has 1 aromatic rings. The van der Waals surface area contributed by atoms with E-state index in [1.165, 1.54) is 12.1 Å². The second kappa shape index (κ2) is 6.22. The Morgan fingerprint density at radius 2 is 2.15 bits per heavy atom. The van der Waals surface area contributed by atoms with Crippen molar-refractivity contribution in [3.05, 3.63) is 29.8 Å². The second-order valence-electron chi connectivity index (χ2n) is 5.37. The van der Waals surface area contributed by atoms with E-state index < -0.39 is 10.0 Å². The van der Waals surface area contributed by atoms with Crippen molar-refractivity contribution in [3.8, 4) is 0 Å². The number of benzene rings is 1. The molecule has 0 aromatic heterocycles. The fourth-order valence-corrected chi connectivity index (χ4v) is 3.38. The highest BCUT2D eigenvalue weighted by Gasteiger charge is 2.42. The number of sulfonamides is 1. The number of hydrogen-bond donors (Lipinski definition) is 2. The molecule has 1 fully saturated rings. The lowest BCUT2D eigenvalue weighted by atomic mass is 10.0. The van der Waals surface area contributed by atoms with E-state index in [-0.39, 0.29) is 16.9 Å². The highest BCUT2D eigenvalue weighted by Crippen LogP contribution is 2.48. The van der Waals surface area contributed by atoms with Gasteiger partial charge in [0.1, 0.15) is 0 Å². The molecule has 0 unspecified atom stereocenters. The Hall–Kier alpha value is -0.950. The molecule has 20 heavy (non-hydrogen) atoms. The van der Waals surface area contributed by atoms with Gasteiger partial charge in [0, 0.05) is 20.3 Å². The molecule has 0 radical (unpaired) electrons. The predicted octanol–water partition coefficient (Wildman–Crippen LogP) is 1.27. The van der Waals surface area contributed by atoms with Crippen LogP contribution in [0.25, 0.3) is 0 Å². The summed E-state index contributed by atoms with van der Waals surface area (Å²) in [7, 11) is -1.86. The molecule has 2 N–H and O–H groups in total. The summed E-state index contributed by atoms with van der Waals surface area (Å²) in [5, 5.41) is 9.06. The summed E-state index contributed by atoms with van der Waals surface area (Å²) in [6.07, 6.45) is 2.95. The highest BCUT2D eigenvalue weighted by molar-refractivity contribution is 7.89. The van der Waals surface area contributed by atoms with Crippen LogP contribution in [0.4, 0.5) is 0 Å². The van der Waals surface area contributed by atoms with Crippen LogP contribution < -0.4 is 4.72 Å². The molecule has 0 atom stereocenters. The number of hydrogen-bond acceptors (Lipinski definition) is 4. The molecule has 0 aliphatic heterocycles. The van der Waals surface area contributed by atoms with Crippen LogP contribution in [0.5, 0.6) is 0 Å². The molecule has 0 amide bonds. The fraction of sp³-hybridized carbons (Fsp3) is 0.571. The summed E-state index contributed by atoms with van der Waals surface area (Å²) >= 11 is 0. The van der Waals surface area contributed by atoms with Crippen molar-refractivity contribution in [2.24, 2.45) is 5.41 Å². The molecule has 0 spiro atoms. The first kappa shape index (κ1) is 15.4. The van der Waals surface area contributed by atoms with Crippen molar-refractivity contribution >= 4 is 10.0 Å². The maximum atomic E-state index is 12.2. The van der Waals surface area contributed by atoms with Gasteiger partial charge in [-0.25, -0.2) is 13.1 Å². The van der Waals surface area contributed by atoms with Crippen molar-refractivity contribution in [1.29, 1.82) is 0 Å². The van der Waals surface area contributed by atoms with Crippen molar-refractivity contribution < 1.29 is 18.3 Å². The van der Waals surface area contributed by atoms with Crippen molar-refractivity contribution in [2.75, 3.05) is 20.3 Å². The Morgan fingerprint density at radius 3 is 2.75 bits per heavy atom. The topological polar surface area (TPSA) is 75.6 Å². The van der Waals surface area contributed by atoms with Crippen LogP contribution in [-0.2, 0) is 21.4 Å². The number of ether oxygens (including phenoxy) is 1. The van der Waals surface area contributed by atoms with E-state index in [2.05, 4.69) is 4.72 Å². The molecule has 1 aliphatic carbocycles. The van der Waals surface area contributed by atoms with Gasteiger partial charge in [-0.2, -0.15) is 0 Å². The maximum absolute atomic E-state index is 12.2. The molecule has 1 aliphatic rings. The summed E-state index contributed by atoms with van der Waals surface area (Å²) in [6.45, 7) is 0.935. The number of aliphatic hydroxyl groups is 1. The van der Waals surface area contributed by atoms with E-state index in [1.54, 1.807) is 19.2 Å². The number of methoxy groups -OCH3 is 1. The lowest BCUT2D eigenvalue weighted by Gasteiger charge is -2.15. The van der Waals surface area contributed by atoms with Gasteiger partial charge in [0.05, 0.1) is 11.5 Å². The number of aliphatic hydroxyl groups excluding tert-OH is 1. The first-order valence-electron chi connectivity index (χ1n) is 6.70. The summed E-state index contributed by atoms with van der Waals surface area (Å²) in [5.74, 6) is 0. The molecule has 1 saturated carbocycles. The largest absolute Gasteiger partial charge is 0.392 e. The molecule has 1 aromatic carbocycles. The van der Waals surface area contributed by atoms with Gasteiger partial charge in [-0.3, -0.25) is 0 Å². The SMILES string of the molecule is COCCC1(CNS(=O)(=O)c2cccc(CO)c2)CC1. The van der Waals surface area contributed by atoms with Gasteiger partial charge in [0.25, 0.3) is 0 Å². The van der Waals surface area contributed by atoms with Gasteiger partial charge < -0.3 is 9.84 Å². The van der Waals surface area contributed by atoms with E-state index in [0.29, 0.717) is 18.7 Å². The lowest BCUT2D eigenvalue weighted by Crippen LogP contribution is -2.31. The Balaban J connectivity index is 2.00.